The van der Waals surface area contributed by atoms with Crippen LogP contribution in [-0.4, -0.2) is 27.8 Å². The Morgan fingerprint density at radius 3 is 2.96 bits per heavy atom. The van der Waals surface area contributed by atoms with Gasteiger partial charge in [0.05, 0.1) is 11.2 Å². The van der Waals surface area contributed by atoms with Crippen molar-refractivity contribution in [3.05, 3.63) is 48.3 Å². The highest BCUT2D eigenvalue weighted by Gasteiger charge is 2.38. The number of aromatic nitrogens is 2. The van der Waals surface area contributed by atoms with Crippen LogP contribution in [0.5, 0.6) is 0 Å². The van der Waals surface area contributed by atoms with Crippen molar-refractivity contribution in [3.8, 4) is 5.69 Å². The quantitative estimate of drug-likeness (QED) is 0.883. The van der Waals surface area contributed by atoms with Crippen molar-refractivity contribution in [2.75, 3.05) is 6.54 Å². The van der Waals surface area contributed by atoms with Crippen LogP contribution in [0.25, 0.3) is 5.69 Å². The molecule has 1 atom stereocenters. The molecule has 0 aliphatic carbocycles. The summed E-state index contributed by atoms with van der Waals surface area (Å²) in [5.41, 5.74) is 1.70. The second-order valence-corrected chi connectivity index (χ2v) is 5.77. The fourth-order valence-electron chi connectivity index (χ4n) is 3.04. The summed E-state index contributed by atoms with van der Waals surface area (Å²) >= 11 is 0. The zero-order chi connectivity index (χ0) is 15.4. The van der Waals surface area contributed by atoms with Gasteiger partial charge in [-0.15, -0.1) is 12.4 Å². The van der Waals surface area contributed by atoms with E-state index in [0.29, 0.717) is 6.54 Å². The van der Waals surface area contributed by atoms with Crippen molar-refractivity contribution in [1.29, 1.82) is 0 Å². The molecule has 0 spiro atoms. The minimum Gasteiger partial charge on any atom is -0.350 e. The molecule has 2 N–H and O–H groups in total. The first-order chi connectivity index (χ1) is 10.7. The molecular weight excluding hydrogens is 312 g/mol. The van der Waals surface area contributed by atoms with E-state index >= 15 is 0 Å². The first-order valence-electron chi connectivity index (χ1n) is 7.86. The molecule has 0 saturated carbocycles. The van der Waals surface area contributed by atoms with Crippen LogP contribution in [0.3, 0.4) is 0 Å². The third kappa shape index (κ3) is 3.74. The summed E-state index contributed by atoms with van der Waals surface area (Å²) in [5, 5.41) is 10.7. The number of carbonyl (C=O) groups excluding carboxylic acids is 1. The maximum absolute atomic E-state index is 12.5. The monoisotopic (exact) mass is 334 g/mol. The van der Waals surface area contributed by atoms with Gasteiger partial charge in [-0.05, 0) is 49.6 Å². The van der Waals surface area contributed by atoms with Crippen LogP contribution in [0.4, 0.5) is 0 Å². The largest absolute Gasteiger partial charge is 0.350 e. The van der Waals surface area contributed by atoms with E-state index in [1.54, 1.807) is 6.20 Å². The molecule has 1 aromatic carbocycles. The number of amides is 1. The first kappa shape index (κ1) is 17.5. The van der Waals surface area contributed by atoms with E-state index in [9.17, 15) is 4.79 Å². The summed E-state index contributed by atoms with van der Waals surface area (Å²) in [7, 11) is 0. The molecule has 1 fully saturated rings. The highest BCUT2D eigenvalue weighted by molar-refractivity contribution is 5.86. The molecule has 1 aromatic heterocycles. The van der Waals surface area contributed by atoms with Gasteiger partial charge >= 0.3 is 0 Å². The number of carbonyl (C=O) groups is 1. The second kappa shape index (κ2) is 7.62. The molecule has 1 aliphatic rings. The molecule has 1 unspecified atom stereocenters. The number of halogens is 1. The van der Waals surface area contributed by atoms with E-state index in [4.69, 9.17) is 0 Å². The lowest BCUT2D eigenvalue weighted by molar-refractivity contribution is -0.127. The fourth-order valence-corrected chi connectivity index (χ4v) is 3.04. The fraction of sp³-hybridized carbons (Fsp3) is 0.412. The Bertz CT molecular complexity index is 636. The summed E-state index contributed by atoms with van der Waals surface area (Å²) in [6.45, 7) is 3.53. The van der Waals surface area contributed by atoms with Crippen LogP contribution < -0.4 is 10.6 Å². The van der Waals surface area contributed by atoms with E-state index in [0.717, 1.165) is 37.1 Å². The molecule has 5 nitrogen and oxygen atoms in total. The standard InChI is InChI=1S/C17H22N4O.ClH/c1-2-17(8-4-9-19-17)16(22)18-13-14-6-3-7-15(12-14)21-11-5-10-20-21;/h3,5-7,10-12,19H,2,4,8-9,13H2,1H3,(H,18,22);1H. The van der Waals surface area contributed by atoms with Crippen molar-refractivity contribution >= 4 is 18.3 Å². The van der Waals surface area contributed by atoms with Crippen LogP contribution in [0.1, 0.15) is 31.7 Å². The predicted octanol–water partition coefficient (Wildman–Crippen LogP) is 2.44. The molecule has 0 bridgehead atoms. The Morgan fingerprint density at radius 1 is 1.43 bits per heavy atom. The lowest BCUT2D eigenvalue weighted by atomic mass is 9.93. The van der Waals surface area contributed by atoms with Gasteiger partial charge in [-0.3, -0.25) is 4.79 Å². The SMILES string of the molecule is CCC1(C(=O)NCc2cccc(-n3cccn3)c2)CCCN1.Cl. The second-order valence-electron chi connectivity index (χ2n) is 5.77. The van der Waals surface area contributed by atoms with Crippen molar-refractivity contribution < 1.29 is 4.79 Å². The average molecular weight is 335 g/mol. The highest BCUT2D eigenvalue weighted by atomic mass is 35.5. The van der Waals surface area contributed by atoms with Gasteiger partial charge in [0.2, 0.25) is 5.91 Å². The highest BCUT2D eigenvalue weighted by Crippen LogP contribution is 2.23. The number of nitrogens with one attached hydrogen (secondary N) is 2. The van der Waals surface area contributed by atoms with Crippen LogP contribution >= 0.6 is 12.4 Å². The molecule has 1 aliphatic heterocycles. The molecule has 1 saturated heterocycles. The van der Waals surface area contributed by atoms with Crippen LogP contribution in [0.2, 0.25) is 0 Å². The predicted molar refractivity (Wildman–Crippen MR) is 92.9 cm³/mol. The average Bonchev–Trinajstić information content (AvgIpc) is 3.24. The number of hydrogen-bond donors (Lipinski definition) is 2. The van der Waals surface area contributed by atoms with Gasteiger partial charge in [0.1, 0.15) is 0 Å². The molecule has 6 heteroatoms. The van der Waals surface area contributed by atoms with Gasteiger partial charge in [-0.25, -0.2) is 4.68 Å². The summed E-state index contributed by atoms with van der Waals surface area (Å²) in [6, 6.07) is 9.96. The molecule has 23 heavy (non-hydrogen) atoms. The van der Waals surface area contributed by atoms with Crippen molar-refractivity contribution in [3.63, 3.8) is 0 Å². The van der Waals surface area contributed by atoms with Gasteiger partial charge in [-0.1, -0.05) is 19.1 Å². The zero-order valence-corrected chi connectivity index (χ0v) is 14.1. The third-order valence-electron chi connectivity index (χ3n) is 4.41. The molecule has 2 aromatic rings. The maximum atomic E-state index is 12.5. The first-order valence-corrected chi connectivity index (χ1v) is 7.86. The summed E-state index contributed by atoms with van der Waals surface area (Å²) < 4.78 is 1.82. The lowest BCUT2D eigenvalue weighted by Crippen LogP contribution is -2.52. The molecular formula is C17H23ClN4O. The van der Waals surface area contributed by atoms with E-state index in [2.05, 4.69) is 22.7 Å². The molecule has 0 radical (unpaired) electrons. The number of nitrogens with zero attached hydrogens (tertiary/aromatic N) is 2. The number of rotatable bonds is 5. The van der Waals surface area contributed by atoms with Gasteiger partial charge in [-0.2, -0.15) is 5.10 Å². The third-order valence-corrected chi connectivity index (χ3v) is 4.41. The van der Waals surface area contributed by atoms with E-state index in [1.165, 1.54) is 0 Å². The Morgan fingerprint density at radius 2 is 2.30 bits per heavy atom. The smallest absolute Gasteiger partial charge is 0.240 e. The summed E-state index contributed by atoms with van der Waals surface area (Å²) in [5.74, 6) is 0.108. The minimum atomic E-state index is -0.375. The van der Waals surface area contributed by atoms with E-state index in [-0.39, 0.29) is 23.9 Å². The number of benzene rings is 1. The molecule has 2 heterocycles. The molecule has 1 amide bonds. The van der Waals surface area contributed by atoms with Crippen molar-refractivity contribution in [2.45, 2.75) is 38.3 Å². The Labute approximate surface area is 142 Å². The van der Waals surface area contributed by atoms with Gasteiger partial charge in [0, 0.05) is 18.9 Å². The van der Waals surface area contributed by atoms with Crippen molar-refractivity contribution in [1.82, 2.24) is 20.4 Å². The molecule has 3 rings (SSSR count). The maximum Gasteiger partial charge on any atom is 0.240 e. The number of hydrogen-bond acceptors (Lipinski definition) is 3. The normalized spacial score (nSPS) is 20.0. The van der Waals surface area contributed by atoms with Gasteiger partial charge in [0.25, 0.3) is 0 Å². The van der Waals surface area contributed by atoms with Gasteiger partial charge < -0.3 is 10.6 Å². The van der Waals surface area contributed by atoms with E-state index < -0.39 is 0 Å². The van der Waals surface area contributed by atoms with Gasteiger partial charge in [0.15, 0.2) is 0 Å². The molecule has 124 valence electrons. The minimum absolute atomic E-state index is 0. The topological polar surface area (TPSA) is 59.0 Å². The van der Waals surface area contributed by atoms with Crippen LogP contribution in [0, 0.1) is 0 Å². The van der Waals surface area contributed by atoms with E-state index in [1.807, 2.05) is 41.2 Å². The van der Waals surface area contributed by atoms with Crippen LogP contribution in [-0.2, 0) is 11.3 Å². The summed E-state index contributed by atoms with van der Waals surface area (Å²) in [4.78, 5) is 12.5. The van der Waals surface area contributed by atoms with Crippen molar-refractivity contribution in [2.24, 2.45) is 0 Å². The van der Waals surface area contributed by atoms with Crippen LogP contribution in [0.15, 0.2) is 42.7 Å². The Balaban J connectivity index is 0.00000192. The summed E-state index contributed by atoms with van der Waals surface area (Å²) in [6.07, 6.45) is 6.47. The Kier molecular flexibility index (Phi) is 5.80. The Hall–Kier alpha value is -1.85. The lowest BCUT2D eigenvalue weighted by Gasteiger charge is -2.26. The zero-order valence-electron chi connectivity index (χ0n) is 13.3.